The van der Waals surface area contributed by atoms with E-state index in [0.29, 0.717) is 60.3 Å². The molecule has 3 rings (SSSR count). The number of methoxy groups -OCH3 is 3. The van der Waals surface area contributed by atoms with E-state index in [4.69, 9.17) is 25.1 Å². The monoisotopic (exact) mass is 363 g/mol. The van der Waals surface area contributed by atoms with Crippen LogP contribution in [0.2, 0.25) is 0 Å². The number of benzene rings is 1. The van der Waals surface area contributed by atoms with Gasteiger partial charge in [-0.1, -0.05) is 0 Å². The van der Waals surface area contributed by atoms with E-state index in [1.807, 2.05) is 4.90 Å². The molecule has 1 amide bonds. The lowest BCUT2D eigenvalue weighted by molar-refractivity contribution is 0.142. The van der Waals surface area contributed by atoms with Crippen molar-refractivity contribution >= 4 is 28.8 Å². The van der Waals surface area contributed by atoms with Gasteiger partial charge in [-0.2, -0.15) is 4.98 Å². The highest BCUT2D eigenvalue weighted by atomic mass is 16.5. The van der Waals surface area contributed by atoms with Crippen LogP contribution in [-0.4, -0.2) is 73.6 Å². The summed E-state index contributed by atoms with van der Waals surface area (Å²) >= 11 is 0. The Balaban J connectivity index is 2.06. The smallest absolute Gasteiger partial charge is 0.407 e. The topological polar surface area (TPSA) is 123 Å². The predicted molar refractivity (Wildman–Crippen MR) is 95.4 cm³/mol. The van der Waals surface area contributed by atoms with Gasteiger partial charge in [0.1, 0.15) is 11.3 Å². The number of aromatic nitrogens is 2. The summed E-state index contributed by atoms with van der Waals surface area (Å²) < 4.78 is 16.2. The summed E-state index contributed by atoms with van der Waals surface area (Å²) in [5.74, 6) is 1.99. The molecule has 0 aliphatic carbocycles. The molecule has 1 aliphatic rings. The van der Waals surface area contributed by atoms with Gasteiger partial charge in [-0.25, -0.2) is 9.78 Å². The predicted octanol–water partition coefficient (Wildman–Crippen LogP) is 1.04. The fourth-order valence-corrected chi connectivity index (χ4v) is 2.98. The van der Waals surface area contributed by atoms with Crippen LogP contribution < -0.4 is 24.8 Å². The lowest BCUT2D eigenvalue weighted by Gasteiger charge is -2.33. The number of anilines is 2. The molecule has 0 unspecified atom stereocenters. The number of ether oxygens (including phenoxy) is 3. The van der Waals surface area contributed by atoms with Crippen LogP contribution in [0, 0.1) is 0 Å². The van der Waals surface area contributed by atoms with Crippen molar-refractivity contribution in [1.29, 1.82) is 0 Å². The van der Waals surface area contributed by atoms with Gasteiger partial charge in [-0.15, -0.1) is 0 Å². The van der Waals surface area contributed by atoms with Crippen LogP contribution in [-0.2, 0) is 0 Å². The maximum Gasteiger partial charge on any atom is 0.407 e. The van der Waals surface area contributed by atoms with Crippen molar-refractivity contribution < 1.29 is 24.1 Å². The molecule has 0 atom stereocenters. The molecule has 2 aromatic rings. The Kier molecular flexibility index (Phi) is 4.74. The Bertz CT molecular complexity index is 836. The highest BCUT2D eigenvalue weighted by molar-refractivity contribution is 5.97. The molecule has 26 heavy (non-hydrogen) atoms. The molecule has 1 aromatic heterocycles. The minimum Gasteiger partial charge on any atom is -0.493 e. The zero-order valence-corrected chi connectivity index (χ0v) is 14.9. The van der Waals surface area contributed by atoms with E-state index in [2.05, 4.69) is 9.97 Å². The van der Waals surface area contributed by atoms with E-state index in [0.717, 1.165) is 0 Å². The van der Waals surface area contributed by atoms with Crippen LogP contribution >= 0.6 is 0 Å². The number of carbonyl (C=O) groups is 1. The summed E-state index contributed by atoms with van der Waals surface area (Å²) in [4.78, 5) is 23.3. The van der Waals surface area contributed by atoms with Gasteiger partial charge >= 0.3 is 6.09 Å². The number of amides is 1. The highest BCUT2D eigenvalue weighted by Crippen LogP contribution is 2.44. The maximum atomic E-state index is 11.1. The van der Waals surface area contributed by atoms with Crippen LogP contribution in [0.5, 0.6) is 17.2 Å². The van der Waals surface area contributed by atoms with Crippen molar-refractivity contribution in [3.05, 3.63) is 6.07 Å². The molecule has 0 spiro atoms. The first-order valence-corrected chi connectivity index (χ1v) is 7.99. The second-order valence-electron chi connectivity index (χ2n) is 5.71. The number of rotatable bonds is 4. The fraction of sp³-hybridized carbons (Fsp3) is 0.438. The number of nitrogens with zero attached hydrogens (tertiary/aromatic N) is 4. The number of hydrogen-bond acceptors (Lipinski definition) is 8. The lowest BCUT2D eigenvalue weighted by atomic mass is 10.2. The minimum atomic E-state index is -0.929. The third-order valence-electron chi connectivity index (χ3n) is 4.35. The molecule has 140 valence electrons. The molecule has 0 bridgehead atoms. The van der Waals surface area contributed by atoms with E-state index < -0.39 is 6.09 Å². The number of nitrogen functional groups attached to an aromatic ring is 1. The van der Waals surface area contributed by atoms with E-state index in [-0.39, 0.29) is 5.82 Å². The molecule has 1 aliphatic heterocycles. The first kappa shape index (κ1) is 17.6. The van der Waals surface area contributed by atoms with Crippen molar-refractivity contribution in [3.63, 3.8) is 0 Å². The summed E-state index contributed by atoms with van der Waals surface area (Å²) in [6, 6.07) is 1.71. The van der Waals surface area contributed by atoms with Gasteiger partial charge in [0.05, 0.1) is 26.7 Å². The summed E-state index contributed by atoms with van der Waals surface area (Å²) in [5, 5.41) is 9.66. The van der Waals surface area contributed by atoms with Gasteiger partial charge in [-0.05, 0) is 6.07 Å². The Hall–Kier alpha value is -3.17. The Labute approximate surface area is 150 Å². The summed E-state index contributed by atoms with van der Waals surface area (Å²) in [6.07, 6.45) is -0.929. The van der Waals surface area contributed by atoms with E-state index >= 15 is 0 Å². The van der Waals surface area contributed by atoms with Gasteiger partial charge in [0.2, 0.25) is 11.7 Å². The molecule has 2 heterocycles. The third kappa shape index (κ3) is 2.93. The van der Waals surface area contributed by atoms with Crippen molar-refractivity contribution in [3.8, 4) is 17.2 Å². The molecule has 1 aromatic carbocycles. The zero-order chi connectivity index (χ0) is 18.8. The quantitative estimate of drug-likeness (QED) is 0.820. The number of nitrogens with two attached hydrogens (primary N) is 1. The van der Waals surface area contributed by atoms with Crippen LogP contribution in [0.1, 0.15) is 0 Å². The number of piperazine rings is 1. The molecule has 10 heteroatoms. The first-order chi connectivity index (χ1) is 12.5. The van der Waals surface area contributed by atoms with Gasteiger partial charge < -0.3 is 34.9 Å². The van der Waals surface area contributed by atoms with Crippen LogP contribution in [0.15, 0.2) is 6.07 Å². The number of carboxylic acid groups (broad SMARTS) is 1. The number of hydrogen-bond donors (Lipinski definition) is 2. The van der Waals surface area contributed by atoms with Crippen molar-refractivity contribution in [2.24, 2.45) is 0 Å². The standard InChI is InChI=1S/C16H21N5O5/c1-24-10-8-9-11(13(26-3)12(10)25-2)18-15(19-14(9)17)20-4-6-21(7-5-20)16(22)23/h8H,4-7H2,1-3H3,(H,22,23)(H2,17,18,19). The Morgan fingerprint density at radius 2 is 1.73 bits per heavy atom. The summed E-state index contributed by atoms with van der Waals surface area (Å²) in [5.41, 5.74) is 6.65. The number of fused-ring (bicyclic) bond motifs is 1. The van der Waals surface area contributed by atoms with Gasteiger partial charge in [-0.3, -0.25) is 0 Å². The molecule has 0 saturated carbocycles. The molecule has 1 saturated heterocycles. The Morgan fingerprint density at radius 1 is 1.08 bits per heavy atom. The fourth-order valence-electron chi connectivity index (χ4n) is 2.98. The third-order valence-corrected chi connectivity index (χ3v) is 4.35. The van der Waals surface area contributed by atoms with Crippen LogP contribution in [0.3, 0.4) is 0 Å². The van der Waals surface area contributed by atoms with E-state index in [1.54, 1.807) is 6.07 Å². The van der Waals surface area contributed by atoms with Crippen LogP contribution in [0.4, 0.5) is 16.6 Å². The molecule has 10 nitrogen and oxygen atoms in total. The SMILES string of the molecule is COc1cc2c(N)nc(N3CCN(C(=O)O)CC3)nc2c(OC)c1OC. The average molecular weight is 363 g/mol. The van der Waals surface area contributed by atoms with Crippen molar-refractivity contribution in [2.45, 2.75) is 0 Å². The molecular formula is C16H21N5O5. The molecule has 1 fully saturated rings. The normalized spacial score (nSPS) is 14.4. The van der Waals surface area contributed by atoms with Crippen LogP contribution in [0.25, 0.3) is 10.9 Å². The first-order valence-electron chi connectivity index (χ1n) is 7.99. The highest BCUT2D eigenvalue weighted by Gasteiger charge is 2.25. The minimum absolute atomic E-state index is 0.282. The lowest BCUT2D eigenvalue weighted by Crippen LogP contribution is -2.48. The molecule has 0 radical (unpaired) electrons. The summed E-state index contributed by atoms with van der Waals surface area (Å²) in [6.45, 7) is 1.71. The van der Waals surface area contributed by atoms with Gasteiger partial charge in [0.25, 0.3) is 0 Å². The largest absolute Gasteiger partial charge is 0.493 e. The second kappa shape index (κ2) is 6.98. The molecular weight excluding hydrogens is 342 g/mol. The Morgan fingerprint density at radius 3 is 2.27 bits per heavy atom. The van der Waals surface area contributed by atoms with E-state index in [9.17, 15) is 4.79 Å². The summed E-state index contributed by atoms with van der Waals surface area (Å²) in [7, 11) is 4.56. The van der Waals surface area contributed by atoms with Gasteiger partial charge in [0, 0.05) is 26.2 Å². The van der Waals surface area contributed by atoms with Crippen molar-refractivity contribution in [1.82, 2.24) is 14.9 Å². The zero-order valence-electron chi connectivity index (χ0n) is 14.9. The maximum absolute atomic E-state index is 11.1. The molecule has 3 N–H and O–H groups in total. The second-order valence-corrected chi connectivity index (χ2v) is 5.71. The van der Waals surface area contributed by atoms with Gasteiger partial charge in [0.15, 0.2) is 11.5 Å². The van der Waals surface area contributed by atoms with Crippen molar-refractivity contribution in [2.75, 3.05) is 58.1 Å². The van der Waals surface area contributed by atoms with E-state index in [1.165, 1.54) is 26.2 Å². The average Bonchev–Trinajstić information content (AvgIpc) is 2.66.